The van der Waals surface area contributed by atoms with Gasteiger partial charge in [0.15, 0.2) is 0 Å². The lowest BCUT2D eigenvalue weighted by molar-refractivity contribution is -0.168. The maximum absolute atomic E-state index is 13.3. The predicted molar refractivity (Wildman–Crippen MR) is 99.0 cm³/mol. The van der Waals surface area contributed by atoms with Crippen molar-refractivity contribution < 1.29 is 32.2 Å². The van der Waals surface area contributed by atoms with Crippen molar-refractivity contribution in [3.05, 3.63) is 75.9 Å². The SMILES string of the molecule is O=C(c1cccc(COc2cccc(Br)c2)c1)N1NC(=C(F)F)CC1(O)C(F)F. The molecule has 1 saturated heterocycles. The number of ether oxygens (including phenoxy) is 1. The van der Waals surface area contributed by atoms with Crippen LogP contribution in [0.2, 0.25) is 0 Å². The molecule has 1 aliphatic heterocycles. The minimum atomic E-state index is -3.46. The molecule has 3 rings (SSSR count). The summed E-state index contributed by atoms with van der Waals surface area (Å²) in [5, 5.41) is 10.3. The van der Waals surface area contributed by atoms with Crippen LogP contribution in [0.15, 0.2) is 64.8 Å². The minimum Gasteiger partial charge on any atom is -0.489 e. The quantitative estimate of drug-likeness (QED) is 0.628. The number of carbonyl (C=O) groups is 1. The standard InChI is InChI=1S/C19H15BrF4N2O3/c20-13-5-2-6-14(8-13)29-10-11-3-1-4-12(7-11)17(27)26-19(28,18(23)24)9-15(25-26)16(21)22/h1-8,18,25,28H,9-10H2. The van der Waals surface area contributed by atoms with Crippen molar-refractivity contribution in [3.8, 4) is 5.75 Å². The van der Waals surface area contributed by atoms with E-state index in [1.807, 2.05) is 11.5 Å². The van der Waals surface area contributed by atoms with Crippen LogP contribution in [0.25, 0.3) is 0 Å². The molecule has 0 saturated carbocycles. The molecule has 10 heteroatoms. The number of halogens is 5. The molecule has 0 bridgehead atoms. The van der Waals surface area contributed by atoms with E-state index in [1.165, 1.54) is 18.2 Å². The second kappa shape index (κ2) is 8.42. The van der Waals surface area contributed by atoms with Crippen molar-refractivity contribution in [2.24, 2.45) is 0 Å². The molecule has 1 fully saturated rings. The third-order valence-corrected chi connectivity index (χ3v) is 4.72. The van der Waals surface area contributed by atoms with E-state index in [-0.39, 0.29) is 17.2 Å². The van der Waals surface area contributed by atoms with Crippen molar-refractivity contribution in [1.29, 1.82) is 0 Å². The number of aliphatic hydroxyl groups is 1. The fraction of sp³-hybridized carbons (Fsp3) is 0.211. The Morgan fingerprint density at radius 2 is 1.97 bits per heavy atom. The van der Waals surface area contributed by atoms with Crippen molar-refractivity contribution in [2.75, 3.05) is 0 Å². The van der Waals surface area contributed by atoms with Crippen LogP contribution in [0, 0.1) is 0 Å². The van der Waals surface area contributed by atoms with E-state index in [2.05, 4.69) is 15.9 Å². The maximum Gasteiger partial charge on any atom is 0.291 e. The fourth-order valence-electron chi connectivity index (χ4n) is 2.77. The highest BCUT2D eigenvalue weighted by molar-refractivity contribution is 9.10. The first-order valence-electron chi connectivity index (χ1n) is 8.34. The lowest BCUT2D eigenvalue weighted by Crippen LogP contribution is -2.55. The third-order valence-electron chi connectivity index (χ3n) is 4.23. The molecular formula is C19H15BrF4N2O3. The van der Waals surface area contributed by atoms with Crippen LogP contribution in [0.1, 0.15) is 22.3 Å². The van der Waals surface area contributed by atoms with Gasteiger partial charge in [0.05, 0.1) is 6.42 Å². The molecule has 0 aromatic heterocycles. The Bertz CT molecular complexity index is 953. The van der Waals surface area contributed by atoms with Gasteiger partial charge >= 0.3 is 0 Å². The number of nitrogens with one attached hydrogen (secondary N) is 1. The zero-order valence-corrected chi connectivity index (χ0v) is 16.3. The van der Waals surface area contributed by atoms with Crippen LogP contribution in [-0.2, 0) is 6.61 Å². The Hall–Kier alpha value is -2.59. The molecule has 2 aromatic rings. The Morgan fingerprint density at radius 1 is 1.24 bits per heavy atom. The molecule has 0 aliphatic carbocycles. The third kappa shape index (κ3) is 4.54. The van der Waals surface area contributed by atoms with Gasteiger partial charge in [-0.25, -0.2) is 13.8 Å². The first kappa shape index (κ1) is 21.1. The molecular weight excluding hydrogens is 460 g/mol. The summed E-state index contributed by atoms with van der Waals surface area (Å²) in [6, 6.07) is 12.9. The molecule has 154 valence electrons. The van der Waals surface area contributed by atoms with Crippen LogP contribution in [0.4, 0.5) is 17.6 Å². The fourth-order valence-corrected chi connectivity index (χ4v) is 3.15. The molecule has 1 heterocycles. The summed E-state index contributed by atoms with van der Waals surface area (Å²) in [5.41, 5.74) is -1.66. The van der Waals surface area contributed by atoms with Crippen LogP contribution >= 0.6 is 15.9 Å². The molecule has 1 aliphatic rings. The van der Waals surface area contributed by atoms with E-state index in [0.717, 1.165) is 4.47 Å². The highest BCUT2D eigenvalue weighted by Gasteiger charge is 2.53. The van der Waals surface area contributed by atoms with Crippen molar-refractivity contribution in [2.45, 2.75) is 25.2 Å². The smallest absolute Gasteiger partial charge is 0.291 e. The number of amides is 1. The molecule has 1 unspecified atom stereocenters. The van der Waals surface area contributed by atoms with Gasteiger partial charge in [0.1, 0.15) is 18.1 Å². The monoisotopic (exact) mass is 474 g/mol. The number of nitrogens with zero attached hydrogens (tertiary/aromatic N) is 1. The number of benzene rings is 2. The summed E-state index contributed by atoms with van der Waals surface area (Å²) in [7, 11) is 0. The summed E-state index contributed by atoms with van der Waals surface area (Å²) in [6.45, 7) is 0.0778. The number of hydrogen-bond donors (Lipinski definition) is 2. The summed E-state index contributed by atoms with van der Waals surface area (Å²) >= 11 is 3.31. The van der Waals surface area contributed by atoms with E-state index in [4.69, 9.17) is 4.74 Å². The maximum atomic E-state index is 13.3. The molecule has 2 aromatic carbocycles. The first-order valence-corrected chi connectivity index (χ1v) is 9.13. The van der Waals surface area contributed by atoms with E-state index in [9.17, 15) is 27.5 Å². The van der Waals surface area contributed by atoms with Crippen molar-refractivity contribution in [3.63, 3.8) is 0 Å². The van der Waals surface area contributed by atoms with Gasteiger partial charge in [0.2, 0.25) is 5.72 Å². The zero-order chi connectivity index (χ0) is 21.2. The number of hydrogen-bond acceptors (Lipinski definition) is 4. The highest BCUT2D eigenvalue weighted by atomic mass is 79.9. The normalized spacial score (nSPS) is 18.7. The Balaban J connectivity index is 1.80. The summed E-state index contributed by atoms with van der Waals surface area (Å²) < 4.78 is 58.8. The van der Waals surface area contributed by atoms with Gasteiger partial charge in [0.25, 0.3) is 18.4 Å². The van der Waals surface area contributed by atoms with E-state index in [0.29, 0.717) is 11.3 Å². The average molecular weight is 475 g/mol. The summed E-state index contributed by atoms with van der Waals surface area (Å²) in [4.78, 5) is 12.7. The van der Waals surface area contributed by atoms with E-state index >= 15 is 0 Å². The van der Waals surface area contributed by atoms with Crippen LogP contribution in [0.5, 0.6) is 5.75 Å². The predicted octanol–water partition coefficient (Wildman–Crippen LogP) is 4.44. The van der Waals surface area contributed by atoms with Gasteiger partial charge < -0.3 is 9.84 Å². The summed E-state index contributed by atoms with van der Waals surface area (Å²) in [6.07, 6.45) is -6.85. The van der Waals surface area contributed by atoms with Gasteiger partial charge in [-0.3, -0.25) is 10.2 Å². The first-order chi connectivity index (χ1) is 13.7. The van der Waals surface area contributed by atoms with Gasteiger partial charge in [-0.2, -0.15) is 8.78 Å². The van der Waals surface area contributed by atoms with Crippen molar-refractivity contribution in [1.82, 2.24) is 10.4 Å². The molecule has 2 N–H and O–H groups in total. The lowest BCUT2D eigenvalue weighted by Gasteiger charge is -2.31. The molecule has 5 nitrogen and oxygen atoms in total. The second-order valence-electron chi connectivity index (χ2n) is 6.29. The van der Waals surface area contributed by atoms with E-state index < -0.39 is 36.3 Å². The molecule has 1 atom stereocenters. The molecule has 29 heavy (non-hydrogen) atoms. The Morgan fingerprint density at radius 3 is 2.62 bits per heavy atom. The number of carbonyl (C=O) groups excluding carboxylic acids is 1. The van der Waals surface area contributed by atoms with Crippen molar-refractivity contribution >= 4 is 21.8 Å². The lowest BCUT2D eigenvalue weighted by atomic mass is 10.1. The topological polar surface area (TPSA) is 61.8 Å². The van der Waals surface area contributed by atoms with Gasteiger partial charge in [-0.1, -0.05) is 34.1 Å². The minimum absolute atomic E-state index is 0.0765. The summed E-state index contributed by atoms with van der Waals surface area (Å²) in [5.74, 6) is -0.508. The van der Waals surface area contributed by atoms with Gasteiger partial charge in [0, 0.05) is 10.0 Å². The average Bonchev–Trinajstić information content (AvgIpc) is 3.05. The largest absolute Gasteiger partial charge is 0.489 e. The van der Waals surface area contributed by atoms with Gasteiger partial charge in [-0.15, -0.1) is 0 Å². The molecule has 1 amide bonds. The Kier molecular flexibility index (Phi) is 6.13. The van der Waals surface area contributed by atoms with Gasteiger partial charge in [-0.05, 0) is 35.9 Å². The van der Waals surface area contributed by atoms with Crippen LogP contribution < -0.4 is 10.2 Å². The Labute approximate surface area is 171 Å². The molecule has 0 spiro atoms. The molecule has 0 radical (unpaired) electrons. The van der Waals surface area contributed by atoms with E-state index in [1.54, 1.807) is 24.3 Å². The number of rotatable bonds is 5. The second-order valence-corrected chi connectivity index (χ2v) is 7.21. The number of alkyl halides is 2. The van der Waals surface area contributed by atoms with Crippen LogP contribution in [0.3, 0.4) is 0 Å². The number of hydrazine groups is 1. The zero-order valence-electron chi connectivity index (χ0n) is 14.7. The highest BCUT2D eigenvalue weighted by Crippen LogP contribution is 2.35. The van der Waals surface area contributed by atoms with Crippen LogP contribution in [-0.4, -0.2) is 28.2 Å².